The van der Waals surface area contributed by atoms with Crippen molar-refractivity contribution < 1.29 is 23.1 Å². The average molecular weight is 318 g/mol. The van der Waals surface area contributed by atoms with Gasteiger partial charge in [0.15, 0.2) is 0 Å². The Morgan fingerprint density at radius 1 is 1.19 bits per heavy atom. The minimum atomic E-state index is -3.26. The molecular formula is C13H22N2O5S. The molecule has 2 saturated heterocycles. The molecule has 0 radical (unpaired) electrons. The maximum absolute atomic E-state index is 12.5. The summed E-state index contributed by atoms with van der Waals surface area (Å²) in [6.07, 6.45) is 3.35. The van der Waals surface area contributed by atoms with Gasteiger partial charge >= 0.3 is 5.97 Å². The molecule has 0 aromatic heterocycles. The third kappa shape index (κ3) is 4.16. The van der Waals surface area contributed by atoms with Crippen molar-refractivity contribution in [3.63, 3.8) is 0 Å². The third-order valence-corrected chi connectivity index (χ3v) is 5.53. The van der Waals surface area contributed by atoms with Crippen LogP contribution in [0.2, 0.25) is 0 Å². The third-order valence-electron chi connectivity index (χ3n) is 4.26. The van der Waals surface area contributed by atoms with Gasteiger partial charge in [-0.1, -0.05) is 0 Å². The van der Waals surface area contributed by atoms with Crippen LogP contribution in [-0.2, 0) is 19.6 Å². The number of rotatable bonds is 4. The van der Waals surface area contributed by atoms with Gasteiger partial charge in [-0.25, -0.2) is 12.7 Å². The SMILES string of the molecule is CS(=O)(=O)N1CCCC(C(=O)N2CCC(CC(=O)O)C2)C1. The van der Waals surface area contributed by atoms with Crippen LogP contribution in [0.25, 0.3) is 0 Å². The van der Waals surface area contributed by atoms with Crippen molar-refractivity contribution in [2.75, 3.05) is 32.4 Å². The molecule has 2 aliphatic rings. The number of hydrogen-bond acceptors (Lipinski definition) is 4. The molecule has 0 saturated carbocycles. The highest BCUT2D eigenvalue weighted by atomic mass is 32.2. The van der Waals surface area contributed by atoms with Gasteiger partial charge in [-0.3, -0.25) is 9.59 Å². The smallest absolute Gasteiger partial charge is 0.303 e. The summed E-state index contributed by atoms with van der Waals surface area (Å²) in [6, 6.07) is 0. The molecule has 1 amide bonds. The topological polar surface area (TPSA) is 95.0 Å². The van der Waals surface area contributed by atoms with Crippen molar-refractivity contribution in [2.24, 2.45) is 11.8 Å². The number of carbonyl (C=O) groups excluding carboxylic acids is 1. The standard InChI is InChI=1S/C13H22N2O5S/c1-21(19,20)15-5-2-3-11(9-15)13(18)14-6-4-10(8-14)7-12(16)17/h10-11H,2-9H2,1H3,(H,16,17). The van der Waals surface area contributed by atoms with E-state index in [4.69, 9.17) is 5.11 Å². The molecule has 7 nitrogen and oxygen atoms in total. The van der Waals surface area contributed by atoms with Crippen molar-refractivity contribution in [1.29, 1.82) is 0 Å². The van der Waals surface area contributed by atoms with E-state index in [0.29, 0.717) is 38.9 Å². The second-order valence-corrected chi connectivity index (χ2v) is 7.98. The van der Waals surface area contributed by atoms with Crippen LogP contribution in [0, 0.1) is 11.8 Å². The Labute approximate surface area is 125 Å². The summed E-state index contributed by atoms with van der Waals surface area (Å²) in [5, 5.41) is 8.79. The van der Waals surface area contributed by atoms with Gasteiger partial charge in [-0.05, 0) is 25.2 Å². The summed E-state index contributed by atoms with van der Waals surface area (Å²) in [5.74, 6) is -1.15. The number of carboxylic acid groups (broad SMARTS) is 1. The van der Waals surface area contributed by atoms with Crippen LogP contribution in [0.5, 0.6) is 0 Å². The first-order valence-corrected chi connectivity index (χ1v) is 9.08. The summed E-state index contributed by atoms with van der Waals surface area (Å²) in [4.78, 5) is 24.9. The highest BCUT2D eigenvalue weighted by molar-refractivity contribution is 7.88. The predicted molar refractivity (Wildman–Crippen MR) is 76.1 cm³/mol. The molecule has 0 spiro atoms. The van der Waals surface area contributed by atoms with E-state index in [1.165, 1.54) is 10.6 Å². The minimum Gasteiger partial charge on any atom is -0.481 e. The lowest BCUT2D eigenvalue weighted by molar-refractivity contribution is -0.139. The molecule has 120 valence electrons. The fourth-order valence-electron chi connectivity index (χ4n) is 3.15. The zero-order chi connectivity index (χ0) is 15.6. The number of likely N-dealkylation sites (tertiary alicyclic amines) is 1. The van der Waals surface area contributed by atoms with Gasteiger partial charge in [-0.2, -0.15) is 0 Å². The molecule has 8 heteroatoms. The van der Waals surface area contributed by atoms with Crippen LogP contribution < -0.4 is 0 Å². The molecule has 2 rings (SSSR count). The fraction of sp³-hybridized carbons (Fsp3) is 0.846. The molecule has 2 unspecified atom stereocenters. The van der Waals surface area contributed by atoms with Crippen molar-refractivity contribution >= 4 is 21.9 Å². The number of carboxylic acids is 1. The van der Waals surface area contributed by atoms with E-state index in [0.717, 1.165) is 0 Å². The average Bonchev–Trinajstić information content (AvgIpc) is 2.84. The van der Waals surface area contributed by atoms with Gasteiger partial charge < -0.3 is 10.0 Å². The van der Waals surface area contributed by atoms with E-state index in [2.05, 4.69) is 0 Å². The normalized spacial score (nSPS) is 27.8. The molecule has 0 aromatic carbocycles. The summed E-state index contributed by atoms with van der Waals surface area (Å²) in [5.41, 5.74) is 0. The highest BCUT2D eigenvalue weighted by Crippen LogP contribution is 2.25. The lowest BCUT2D eigenvalue weighted by atomic mass is 9.98. The van der Waals surface area contributed by atoms with E-state index in [9.17, 15) is 18.0 Å². The molecule has 1 N–H and O–H groups in total. The fourth-order valence-corrected chi connectivity index (χ4v) is 4.06. The predicted octanol–water partition coefficient (Wildman–Crippen LogP) is -0.0188. The Kier molecular flexibility index (Phi) is 4.88. The number of aliphatic carboxylic acids is 1. The molecule has 0 aromatic rings. The van der Waals surface area contributed by atoms with Crippen molar-refractivity contribution in [3.8, 4) is 0 Å². The number of sulfonamides is 1. The molecule has 2 aliphatic heterocycles. The molecular weight excluding hydrogens is 296 g/mol. The van der Waals surface area contributed by atoms with Crippen LogP contribution in [0.1, 0.15) is 25.7 Å². The van der Waals surface area contributed by atoms with Crippen LogP contribution in [-0.4, -0.2) is 67.0 Å². The van der Waals surface area contributed by atoms with Crippen LogP contribution in [0.3, 0.4) is 0 Å². The monoisotopic (exact) mass is 318 g/mol. The van der Waals surface area contributed by atoms with Gasteiger partial charge in [-0.15, -0.1) is 0 Å². The summed E-state index contributed by atoms with van der Waals surface area (Å²) in [7, 11) is -3.26. The number of nitrogens with zero attached hydrogens (tertiary/aromatic N) is 2. The van der Waals surface area contributed by atoms with E-state index in [-0.39, 0.29) is 30.7 Å². The van der Waals surface area contributed by atoms with Gasteiger partial charge in [0.1, 0.15) is 0 Å². The van der Waals surface area contributed by atoms with Crippen molar-refractivity contribution in [2.45, 2.75) is 25.7 Å². The van der Waals surface area contributed by atoms with E-state index in [1.807, 2.05) is 0 Å². The molecule has 2 heterocycles. The Morgan fingerprint density at radius 3 is 2.52 bits per heavy atom. The minimum absolute atomic E-state index is 0.0149. The van der Waals surface area contributed by atoms with Gasteiger partial charge in [0, 0.05) is 32.6 Å². The van der Waals surface area contributed by atoms with Gasteiger partial charge in [0.25, 0.3) is 0 Å². The summed E-state index contributed by atoms with van der Waals surface area (Å²) < 4.78 is 24.5. The molecule has 0 aliphatic carbocycles. The second kappa shape index (κ2) is 6.31. The largest absolute Gasteiger partial charge is 0.481 e. The first-order chi connectivity index (χ1) is 9.77. The molecule has 21 heavy (non-hydrogen) atoms. The Bertz CT molecular complexity index is 519. The first kappa shape index (κ1) is 16.2. The first-order valence-electron chi connectivity index (χ1n) is 7.23. The Hall–Kier alpha value is -1.15. The van der Waals surface area contributed by atoms with E-state index < -0.39 is 16.0 Å². The zero-order valence-corrected chi connectivity index (χ0v) is 13.0. The zero-order valence-electron chi connectivity index (χ0n) is 12.2. The molecule has 2 atom stereocenters. The second-order valence-electron chi connectivity index (χ2n) is 6.00. The number of hydrogen-bond donors (Lipinski definition) is 1. The summed E-state index contributed by atoms with van der Waals surface area (Å²) in [6.45, 7) is 1.77. The Morgan fingerprint density at radius 2 is 1.90 bits per heavy atom. The number of piperidine rings is 1. The van der Waals surface area contributed by atoms with Gasteiger partial charge in [0.05, 0.1) is 12.2 Å². The summed E-state index contributed by atoms with van der Waals surface area (Å²) >= 11 is 0. The van der Waals surface area contributed by atoms with Crippen LogP contribution in [0.4, 0.5) is 0 Å². The van der Waals surface area contributed by atoms with Crippen LogP contribution >= 0.6 is 0 Å². The highest BCUT2D eigenvalue weighted by Gasteiger charge is 2.35. The van der Waals surface area contributed by atoms with E-state index in [1.54, 1.807) is 4.90 Å². The van der Waals surface area contributed by atoms with E-state index >= 15 is 0 Å². The maximum Gasteiger partial charge on any atom is 0.303 e. The van der Waals surface area contributed by atoms with Crippen LogP contribution in [0.15, 0.2) is 0 Å². The quantitative estimate of drug-likeness (QED) is 0.786. The lowest BCUT2D eigenvalue weighted by Crippen LogP contribution is -2.46. The maximum atomic E-state index is 12.5. The Balaban J connectivity index is 1.93. The molecule has 2 fully saturated rings. The lowest BCUT2D eigenvalue weighted by Gasteiger charge is -2.32. The van der Waals surface area contributed by atoms with Crippen molar-refractivity contribution in [1.82, 2.24) is 9.21 Å². The number of amides is 1. The van der Waals surface area contributed by atoms with Crippen molar-refractivity contribution in [3.05, 3.63) is 0 Å². The van der Waals surface area contributed by atoms with Gasteiger partial charge in [0.2, 0.25) is 15.9 Å². The molecule has 0 bridgehead atoms. The number of carbonyl (C=O) groups is 2.